The van der Waals surface area contributed by atoms with E-state index in [1.807, 2.05) is 6.92 Å². The van der Waals surface area contributed by atoms with Crippen molar-refractivity contribution in [2.24, 2.45) is 0 Å². The van der Waals surface area contributed by atoms with E-state index in [-0.39, 0.29) is 0 Å². The molecule has 17 heavy (non-hydrogen) atoms. The van der Waals surface area contributed by atoms with Crippen LogP contribution in [0.5, 0.6) is 0 Å². The van der Waals surface area contributed by atoms with Gasteiger partial charge in [0.05, 0.1) is 0 Å². The van der Waals surface area contributed by atoms with E-state index >= 15 is 0 Å². The fraction of sp³-hybridized carbons (Fsp3) is 0.364. The summed E-state index contributed by atoms with van der Waals surface area (Å²) >= 11 is 0. The van der Waals surface area contributed by atoms with Crippen molar-refractivity contribution in [1.29, 1.82) is 0 Å². The predicted octanol–water partition coefficient (Wildman–Crippen LogP) is 1.46. The second kappa shape index (κ2) is 6.47. The average Bonchev–Trinajstić information content (AvgIpc) is 2.29. The highest BCUT2D eigenvalue weighted by Gasteiger charge is 2.18. The average molecular weight is 237 g/mol. The summed E-state index contributed by atoms with van der Waals surface area (Å²) in [5.41, 5.74) is 0.568. The van der Waals surface area contributed by atoms with E-state index in [1.165, 1.54) is 12.4 Å². The van der Waals surface area contributed by atoms with Crippen LogP contribution in [0.3, 0.4) is 0 Å². The highest BCUT2D eigenvalue weighted by Crippen LogP contribution is 2.03. The SMILES string of the molecule is CCCC(NC(=O)Nc1ccncc1)C(=O)O. The Morgan fingerprint density at radius 1 is 1.41 bits per heavy atom. The van der Waals surface area contributed by atoms with Gasteiger partial charge in [0.25, 0.3) is 0 Å². The number of hydrogen-bond acceptors (Lipinski definition) is 3. The number of carboxylic acids is 1. The van der Waals surface area contributed by atoms with E-state index in [9.17, 15) is 9.59 Å². The molecule has 0 bridgehead atoms. The number of hydrogen-bond donors (Lipinski definition) is 3. The standard InChI is InChI=1S/C11H15N3O3/c1-2-3-9(10(15)16)14-11(17)13-8-4-6-12-7-5-8/h4-7,9H,2-3H2,1H3,(H,15,16)(H2,12,13,14,17). The molecule has 0 saturated carbocycles. The number of aliphatic carboxylic acids is 1. The minimum Gasteiger partial charge on any atom is -0.480 e. The molecular weight excluding hydrogens is 222 g/mol. The maximum Gasteiger partial charge on any atom is 0.326 e. The molecule has 0 aliphatic heterocycles. The van der Waals surface area contributed by atoms with Crippen molar-refractivity contribution >= 4 is 17.7 Å². The molecule has 1 unspecified atom stereocenters. The quantitative estimate of drug-likeness (QED) is 0.722. The first-order valence-electron chi connectivity index (χ1n) is 5.33. The van der Waals surface area contributed by atoms with Gasteiger partial charge in [-0.25, -0.2) is 9.59 Å². The molecule has 1 atom stereocenters. The van der Waals surface area contributed by atoms with Crippen LogP contribution < -0.4 is 10.6 Å². The maximum absolute atomic E-state index is 11.5. The lowest BCUT2D eigenvalue weighted by molar-refractivity contribution is -0.139. The van der Waals surface area contributed by atoms with Crippen molar-refractivity contribution in [3.63, 3.8) is 0 Å². The number of rotatable bonds is 5. The molecule has 6 nitrogen and oxygen atoms in total. The minimum absolute atomic E-state index is 0.402. The number of urea groups is 1. The van der Waals surface area contributed by atoms with Crippen molar-refractivity contribution in [3.8, 4) is 0 Å². The van der Waals surface area contributed by atoms with Crippen LogP contribution in [0.2, 0.25) is 0 Å². The topological polar surface area (TPSA) is 91.3 Å². The molecular formula is C11H15N3O3. The third-order valence-electron chi connectivity index (χ3n) is 2.12. The largest absolute Gasteiger partial charge is 0.480 e. The number of nitrogens with one attached hydrogen (secondary N) is 2. The minimum atomic E-state index is -1.03. The summed E-state index contributed by atoms with van der Waals surface area (Å²) in [7, 11) is 0. The molecule has 0 radical (unpaired) electrons. The Labute approximate surface area is 99.1 Å². The number of amides is 2. The Morgan fingerprint density at radius 3 is 2.59 bits per heavy atom. The Bertz CT molecular complexity index is 381. The van der Waals surface area contributed by atoms with Gasteiger partial charge in [-0.3, -0.25) is 4.98 Å². The summed E-state index contributed by atoms with van der Waals surface area (Å²) in [6.45, 7) is 1.86. The van der Waals surface area contributed by atoms with Crippen molar-refractivity contribution in [2.75, 3.05) is 5.32 Å². The van der Waals surface area contributed by atoms with Crippen LogP contribution >= 0.6 is 0 Å². The van der Waals surface area contributed by atoms with E-state index in [0.29, 0.717) is 18.5 Å². The van der Waals surface area contributed by atoms with Gasteiger partial charge in [0.1, 0.15) is 6.04 Å². The number of nitrogens with zero attached hydrogens (tertiary/aromatic N) is 1. The van der Waals surface area contributed by atoms with E-state index < -0.39 is 18.0 Å². The molecule has 2 amide bonds. The summed E-state index contributed by atoms with van der Waals surface area (Å²) in [5.74, 6) is -1.03. The molecule has 0 saturated heterocycles. The van der Waals surface area contributed by atoms with Crippen molar-refractivity contribution in [1.82, 2.24) is 10.3 Å². The van der Waals surface area contributed by atoms with Gasteiger partial charge in [0.15, 0.2) is 0 Å². The normalized spacial score (nSPS) is 11.6. The second-order valence-corrected chi connectivity index (χ2v) is 3.51. The monoisotopic (exact) mass is 237 g/mol. The van der Waals surface area contributed by atoms with Crippen LogP contribution in [0.1, 0.15) is 19.8 Å². The lowest BCUT2D eigenvalue weighted by Crippen LogP contribution is -2.42. The smallest absolute Gasteiger partial charge is 0.326 e. The molecule has 6 heteroatoms. The zero-order valence-corrected chi connectivity index (χ0v) is 9.51. The predicted molar refractivity (Wildman–Crippen MR) is 62.7 cm³/mol. The molecule has 3 N–H and O–H groups in total. The summed E-state index contributed by atoms with van der Waals surface area (Å²) in [6.07, 6.45) is 4.16. The van der Waals surface area contributed by atoms with Gasteiger partial charge in [-0.1, -0.05) is 13.3 Å². The van der Waals surface area contributed by atoms with E-state index in [4.69, 9.17) is 5.11 Å². The first kappa shape index (κ1) is 13.0. The van der Waals surface area contributed by atoms with Crippen molar-refractivity contribution in [2.45, 2.75) is 25.8 Å². The van der Waals surface area contributed by atoms with Crippen LogP contribution in [0, 0.1) is 0 Å². The Kier molecular flexibility index (Phi) is 4.93. The molecule has 92 valence electrons. The highest BCUT2D eigenvalue weighted by molar-refractivity contribution is 5.92. The molecule has 0 aliphatic rings. The molecule has 1 aromatic rings. The second-order valence-electron chi connectivity index (χ2n) is 3.51. The van der Waals surface area contributed by atoms with Gasteiger partial charge in [-0.2, -0.15) is 0 Å². The van der Waals surface area contributed by atoms with Gasteiger partial charge >= 0.3 is 12.0 Å². The third-order valence-corrected chi connectivity index (χ3v) is 2.12. The van der Waals surface area contributed by atoms with Gasteiger partial charge in [0.2, 0.25) is 0 Å². The molecule has 1 rings (SSSR count). The molecule has 0 aromatic carbocycles. The van der Waals surface area contributed by atoms with Crippen molar-refractivity contribution < 1.29 is 14.7 Å². The van der Waals surface area contributed by atoms with Crippen LogP contribution in [-0.2, 0) is 4.79 Å². The number of pyridine rings is 1. The first-order valence-corrected chi connectivity index (χ1v) is 5.33. The number of carbonyl (C=O) groups excluding carboxylic acids is 1. The van der Waals surface area contributed by atoms with E-state index in [0.717, 1.165) is 0 Å². The van der Waals surface area contributed by atoms with Crippen LogP contribution in [0.25, 0.3) is 0 Å². The molecule has 0 spiro atoms. The van der Waals surface area contributed by atoms with E-state index in [1.54, 1.807) is 12.1 Å². The molecule has 0 fully saturated rings. The maximum atomic E-state index is 11.5. The Hall–Kier alpha value is -2.11. The van der Waals surface area contributed by atoms with E-state index in [2.05, 4.69) is 15.6 Å². The van der Waals surface area contributed by atoms with Gasteiger partial charge in [0, 0.05) is 18.1 Å². The Balaban J connectivity index is 2.51. The van der Waals surface area contributed by atoms with Gasteiger partial charge in [-0.05, 0) is 18.6 Å². The summed E-state index contributed by atoms with van der Waals surface area (Å²) in [4.78, 5) is 26.1. The fourth-order valence-corrected chi connectivity index (χ4v) is 1.31. The van der Waals surface area contributed by atoms with Crippen LogP contribution in [0.15, 0.2) is 24.5 Å². The highest BCUT2D eigenvalue weighted by atomic mass is 16.4. The number of carbonyl (C=O) groups is 2. The lowest BCUT2D eigenvalue weighted by atomic mass is 10.2. The van der Waals surface area contributed by atoms with Gasteiger partial charge < -0.3 is 15.7 Å². The zero-order chi connectivity index (χ0) is 12.7. The van der Waals surface area contributed by atoms with Gasteiger partial charge in [-0.15, -0.1) is 0 Å². The first-order chi connectivity index (χ1) is 8.13. The summed E-state index contributed by atoms with van der Waals surface area (Å²) < 4.78 is 0. The summed E-state index contributed by atoms with van der Waals surface area (Å²) in [6, 6.07) is 1.85. The molecule has 0 aliphatic carbocycles. The van der Waals surface area contributed by atoms with Crippen LogP contribution in [-0.4, -0.2) is 28.1 Å². The number of aromatic nitrogens is 1. The van der Waals surface area contributed by atoms with Crippen LogP contribution in [0.4, 0.5) is 10.5 Å². The number of anilines is 1. The Morgan fingerprint density at radius 2 is 2.06 bits per heavy atom. The summed E-state index contributed by atoms with van der Waals surface area (Å²) in [5, 5.41) is 13.8. The molecule has 1 aromatic heterocycles. The third kappa shape index (κ3) is 4.50. The zero-order valence-electron chi connectivity index (χ0n) is 9.51. The van der Waals surface area contributed by atoms with Crippen molar-refractivity contribution in [3.05, 3.63) is 24.5 Å². The lowest BCUT2D eigenvalue weighted by Gasteiger charge is -2.14. The fourth-order valence-electron chi connectivity index (χ4n) is 1.31. The number of carboxylic acid groups (broad SMARTS) is 1. The molecule has 1 heterocycles.